The number of anilines is 2. The van der Waals surface area contributed by atoms with Crippen LogP contribution in [0, 0.1) is 0 Å². The Bertz CT molecular complexity index is 564. The summed E-state index contributed by atoms with van der Waals surface area (Å²) in [6, 6.07) is 10.5. The molecule has 2 aromatic rings. The minimum Gasteiger partial charge on any atom is -0.497 e. The number of rotatable bonds is 3. The quantitative estimate of drug-likeness (QED) is 0.912. The van der Waals surface area contributed by atoms with E-state index in [1.165, 1.54) is 6.20 Å². The SMILES string of the molecule is COc1ccc(N(C)C(=O)c2ccc(N)nc2)cc1. The average Bonchev–Trinajstić information content (AvgIpc) is 2.46. The molecule has 0 radical (unpaired) electrons. The molecular formula is C14H15N3O2. The van der Waals surface area contributed by atoms with Gasteiger partial charge in [0.15, 0.2) is 0 Å². The number of hydrogen-bond acceptors (Lipinski definition) is 4. The number of ether oxygens (including phenoxy) is 1. The zero-order chi connectivity index (χ0) is 13.8. The highest BCUT2D eigenvalue weighted by molar-refractivity contribution is 6.05. The van der Waals surface area contributed by atoms with E-state index >= 15 is 0 Å². The summed E-state index contributed by atoms with van der Waals surface area (Å²) >= 11 is 0. The molecule has 98 valence electrons. The van der Waals surface area contributed by atoms with Crippen LogP contribution in [-0.2, 0) is 0 Å². The standard InChI is InChI=1S/C14H15N3O2/c1-17(11-4-6-12(19-2)7-5-11)14(18)10-3-8-13(15)16-9-10/h3-9H,1-2H3,(H2,15,16). The molecule has 1 aromatic carbocycles. The number of nitrogens with zero attached hydrogens (tertiary/aromatic N) is 2. The maximum atomic E-state index is 12.2. The molecule has 1 amide bonds. The number of carbonyl (C=O) groups is 1. The van der Waals surface area contributed by atoms with Gasteiger partial charge in [0, 0.05) is 18.9 Å². The largest absolute Gasteiger partial charge is 0.497 e. The van der Waals surface area contributed by atoms with Crippen molar-refractivity contribution in [1.82, 2.24) is 4.98 Å². The second-order valence-electron chi connectivity index (χ2n) is 4.03. The number of nitrogens with two attached hydrogens (primary N) is 1. The van der Waals surface area contributed by atoms with Crippen LogP contribution in [-0.4, -0.2) is 25.0 Å². The fourth-order valence-electron chi connectivity index (χ4n) is 1.65. The molecule has 0 aliphatic heterocycles. The van der Waals surface area contributed by atoms with Gasteiger partial charge in [0.1, 0.15) is 11.6 Å². The van der Waals surface area contributed by atoms with Gasteiger partial charge in [-0.1, -0.05) is 0 Å². The normalized spacial score (nSPS) is 10.0. The van der Waals surface area contributed by atoms with Crippen molar-refractivity contribution < 1.29 is 9.53 Å². The van der Waals surface area contributed by atoms with Gasteiger partial charge in [-0.3, -0.25) is 4.79 Å². The molecule has 1 aromatic heterocycles. The summed E-state index contributed by atoms with van der Waals surface area (Å²) in [5, 5.41) is 0. The summed E-state index contributed by atoms with van der Waals surface area (Å²) in [5.41, 5.74) is 6.77. The fraction of sp³-hybridized carbons (Fsp3) is 0.143. The van der Waals surface area contributed by atoms with Gasteiger partial charge < -0.3 is 15.4 Å². The first-order valence-corrected chi connectivity index (χ1v) is 5.75. The van der Waals surface area contributed by atoms with Crippen LogP contribution in [0.1, 0.15) is 10.4 Å². The number of benzene rings is 1. The molecule has 2 N–H and O–H groups in total. The Labute approximate surface area is 111 Å². The van der Waals surface area contributed by atoms with Gasteiger partial charge >= 0.3 is 0 Å². The molecule has 0 saturated carbocycles. The second-order valence-corrected chi connectivity index (χ2v) is 4.03. The summed E-state index contributed by atoms with van der Waals surface area (Å²) in [5.74, 6) is 1.00. The van der Waals surface area contributed by atoms with Crippen molar-refractivity contribution in [3.63, 3.8) is 0 Å². The Morgan fingerprint density at radius 2 is 1.89 bits per heavy atom. The van der Waals surface area contributed by atoms with Crippen molar-refractivity contribution in [2.45, 2.75) is 0 Å². The van der Waals surface area contributed by atoms with Crippen LogP contribution in [0.2, 0.25) is 0 Å². The Balaban J connectivity index is 2.20. The topological polar surface area (TPSA) is 68.5 Å². The monoisotopic (exact) mass is 257 g/mol. The lowest BCUT2D eigenvalue weighted by Crippen LogP contribution is -2.26. The Kier molecular flexibility index (Phi) is 3.66. The second kappa shape index (κ2) is 5.39. The molecule has 19 heavy (non-hydrogen) atoms. The van der Waals surface area contributed by atoms with E-state index in [0.29, 0.717) is 11.4 Å². The van der Waals surface area contributed by atoms with Gasteiger partial charge in [-0.25, -0.2) is 4.98 Å². The van der Waals surface area contributed by atoms with Crippen molar-refractivity contribution >= 4 is 17.4 Å². The first kappa shape index (κ1) is 12.9. The summed E-state index contributed by atoms with van der Waals surface area (Å²) in [4.78, 5) is 17.7. The van der Waals surface area contributed by atoms with Crippen molar-refractivity contribution in [3.05, 3.63) is 48.2 Å². The number of methoxy groups -OCH3 is 1. The fourth-order valence-corrected chi connectivity index (χ4v) is 1.65. The van der Waals surface area contributed by atoms with E-state index in [9.17, 15) is 4.79 Å². The van der Waals surface area contributed by atoms with E-state index in [1.54, 1.807) is 43.3 Å². The molecule has 1 heterocycles. The van der Waals surface area contributed by atoms with E-state index in [4.69, 9.17) is 10.5 Å². The number of nitrogen functional groups attached to an aromatic ring is 1. The maximum absolute atomic E-state index is 12.2. The minimum absolute atomic E-state index is 0.141. The molecule has 5 heteroatoms. The van der Waals surface area contributed by atoms with E-state index in [1.807, 2.05) is 12.1 Å². The van der Waals surface area contributed by atoms with Gasteiger partial charge in [0.05, 0.1) is 12.7 Å². The van der Waals surface area contributed by atoms with E-state index < -0.39 is 0 Å². The van der Waals surface area contributed by atoms with Crippen molar-refractivity contribution in [1.29, 1.82) is 0 Å². The van der Waals surface area contributed by atoms with Gasteiger partial charge in [0.25, 0.3) is 5.91 Å². The van der Waals surface area contributed by atoms with Crippen molar-refractivity contribution in [3.8, 4) is 5.75 Å². The summed E-state index contributed by atoms with van der Waals surface area (Å²) in [7, 11) is 3.31. The molecule has 0 fully saturated rings. The van der Waals surface area contributed by atoms with Crippen LogP contribution in [0.15, 0.2) is 42.6 Å². The Morgan fingerprint density at radius 3 is 2.42 bits per heavy atom. The van der Waals surface area contributed by atoms with Crippen LogP contribution in [0.5, 0.6) is 5.75 Å². The highest BCUT2D eigenvalue weighted by atomic mass is 16.5. The van der Waals surface area contributed by atoms with Crippen LogP contribution >= 0.6 is 0 Å². The molecule has 2 rings (SSSR count). The highest BCUT2D eigenvalue weighted by Gasteiger charge is 2.13. The Hall–Kier alpha value is -2.56. The van der Waals surface area contributed by atoms with Gasteiger partial charge in [-0.15, -0.1) is 0 Å². The summed E-state index contributed by atoms with van der Waals surface area (Å²) < 4.78 is 5.08. The lowest BCUT2D eigenvalue weighted by molar-refractivity contribution is 0.0992. The molecule has 0 unspecified atom stereocenters. The van der Waals surface area contributed by atoms with Crippen LogP contribution < -0.4 is 15.4 Å². The predicted octanol–water partition coefficient (Wildman–Crippen LogP) is 1.95. The minimum atomic E-state index is -0.141. The van der Waals surface area contributed by atoms with E-state index in [-0.39, 0.29) is 5.91 Å². The molecule has 5 nitrogen and oxygen atoms in total. The smallest absolute Gasteiger partial charge is 0.259 e. The zero-order valence-electron chi connectivity index (χ0n) is 10.8. The van der Waals surface area contributed by atoms with Crippen LogP contribution in [0.4, 0.5) is 11.5 Å². The van der Waals surface area contributed by atoms with E-state index in [2.05, 4.69) is 4.98 Å². The third-order valence-corrected chi connectivity index (χ3v) is 2.80. The first-order valence-electron chi connectivity index (χ1n) is 5.75. The average molecular weight is 257 g/mol. The number of carbonyl (C=O) groups excluding carboxylic acids is 1. The lowest BCUT2D eigenvalue weighted by Gasteiger charge is -2.17. The molecule has 0 bridgehead atoms. The Morgan fingerprint density at radius 1 is 1.21 bits per heavy atom. The summed E-state index contributed by atoms with van der Waals surface area (Å²) in [6.45, 7) is 0. The number of hydrogen-bond donors (Lipinski definition) is 1. The zero-order valence-corrected chi connectivity index (χ0v) is 10.8. The molecule has 0 aliphatic carbocycles. The molecule has 0 atom stereocenters. The third-order valence-electron chi connectivity index (χ3n) is 2.80. The van der Waals surface area contributed by atoms with Crippen molar-refractivity contribution in [2.24, 2.45) is 0 Å². The van der Waals surface area contributed by atoms with Gasteiger partial charge in [0.2, 0.25) is 0 Å². The number of amides is 1. The molecule has 0 saturated heterocycles. The third kappa shape index (κ3) is 2.82. The molecule has 0 spiro atoms. The lowest BCUT2D eigenvalue weighted by atomic mass is 10.2. The maximum Gasteiger partial charge on any atom is 0.259 e. The van der Waals surface area contributed by atoms with Crippen LogP contribution in [0.3, 0.4) is 0 Å². The molecule has 0 aliphatic rings. The predicted molar refractivity (Wildman–Crippen MR) is 74.4 cm³/mol. The molecular weight excluding hydrogens is 242 g/mol. The van der Waals surface area contributed by atoms with Crippen molar-refractivity contribution in [2.75, 3.05) is 24.8 Å². The number of pyridine rings is 1. The number of aromatic nitrogens is 1. The first-order chi connectivity index (χ1) is 9.11. The van der Waals surface area contributed by atoms with Gasteiger partial charge in [-0.05, 0) is 36.4 Å². The summed E-state index contributed by atoms with van der Waals surface area (Å²) in [6.07, 6.45) is 1.47. The van der Waals surface area contributed by atoms with Crippen LogP contribution in [0.25, 0.3) is 0 Å². The van der Waals surface area contributed by atoms with E-state index in [0.717, 1.165) is 11.4 Å². The highest BCUT2D eigenvalue weighted by Crippen LogP contribution is 2.19. The van der Waals surface area contributed by atoms with Gasteiger partial charge in [-0.2, -0.15) is 0 Å².